The third kappa shape index (κ3) is 2.97. The lowest BCUT2D eigenvalue weighted by molar-refractivity contribution is -0.137. The van der Waals surface area contributed by atoms with E-state index in [0.717, 1.165) is 49.8 Å². The summed E-state index contributed by atoms with van der Waals surface area (Å²) in [6.45, 7) is 5.93. The molecule has 0 saturated carbocycles. The number of hydrogen-bond donors (Lipinski definition) is 0. The van der Waals surface area contributed by atoms with Crippen molar-refractivity contribution in [3.8, 4) is 0 Å². The predicted molar refractivity (Wildman–Crippen MR) is 82.2 cm³/mol. The summed E-state index contributed by atoms with van der Waals surface area (Å²) in [5.41, 5.74) is 1.09. The van der Waals surface area contributed by atoms with Gasteiger partial charge in [0.15, 0.2) is 5.13 Å². The molecule has 3 rings (SSSR count). The minimum absolute atomic E-state index is 0.241. The first-order chi connectivity index (χ1) is 9.74. The highest BCUT2D eigenvalue weighted by atomic mass is 32.1. The van der Waals surface area contributed by atoms with Crippen LogP contribution in [0.3, 0.4) is 0 Å². The van der Waals surface area contributed by atoms with Gasteiger partial charge >= 0.3 is 0 Å². The van der Waals surface area contributed by atoms with Crippen molar-refractivity contribution in [3.63, 3.8) is 0 Å². The van der Waals surface area contributed by atoms with Crippen LogP contribution in [0.5, 0.6) is 0 Å². The van der Waals surface area contributed by atoms with Crippen molar-refractivity contribution in [1.29, 1.82) is 0 Å². The highest BCUT2D eigenvalue weighted by Gasteiger charge is 2.29. The Morgan fingerprint density at radius 1 is 1.20 bits per heavy atom. The number of carbonyl (C=O) groups excluding carboxylic acids is 1. The third-order valence-electron chi connectivity index (χ3n) is 4.39. The zero-order chi connectivity index (χ0) is 13.9. The number of thiazole rings is 1. The van der Waals surface area contributed by atoms with E-state index in [-0.39, 0.29) is 5.92 Å². The van der Waals surface area contributed by atoms with Gasteiger partial charge in [0.2, 0.25) is 5.91 Å². The molecule has 0 N–H and O–H groups in total. The van der Waals surface area contributed by atoms with Crippen molar-refractivity contribution in [2.24, 2.45) is 5.92 Å². The molecule has 0 aromatic carbocycles. The molecular weight excluding hydrogens is 270 g/mol. The first kappa shape index (κ1) is 13.9. The van der Waals surface area contributed by atoms with Crippen LogP contribution in [0.4, 0.5) is 5.13 Å². The van der Waals surface area contributed by atoms with Crippen LogP contribution >= 0.6 is 11.3 Å². The molecule has 2 saturated heterocycles. The van der Waals surface area contributed by atoms with Crippen molar-refractivity contribution in [3.05, 3.63) is 11.1 Å². The normalized spacial score (nSPS) is 21.2. The molecule has 5 heteroatoms. The smallest absolute Gasteiger partial charge is 0.225 e. The van der Waals surface area contributed by atoms with E-state index in [1.165, 1.54) is 19.3 Å². The van der Waals surface area contributed by atoms with Crippen molar-refractivity contribution in [2.75, 3.05) is 31.1 Å². The molecule has 1 aromatic rings. The fraction of sp³-hybridized carbons (Fsp3) is 0.733. The molecule has 2 aliphatic heterocycles. The zero-order valence-corrected chi connectivity index (χ0v) is 13.0. The number of hydrogen-bond acceptors (Lipinski definition) is 4. The highest BCUT2D eigenvalue weighted by molar-refractivity contribution is 7.13. The summed E-state index contributed by atoms with van der Waals surface area (Å²) in [6, 6.07) is 0. The number of aryl methyl sites for hydroxylation is 1. The van der Waals surface area contributed by atoms with E-state index in [9.17, 15) is 4.79 Å². The van der Waals surface area contributed by atoms with Gasteiger partial charge in [-0.3, -0.25) is 4.79 Å². The molecule has 0 atom stereocenters. The van der Waals surface area contributed by atoms with Gasteiger partial charge in [-0.2, -0.15) is 0 Å². The van der Waals surface area contributed by atoms with E-state index in [1.807, 2.05) is 6.92 Å². The minimum atomic E-state index is 0.241. The maximum absolute atomic E-state index is 12.5. The highest BCUT2D eigenvalue weighted by Crippen LogP contribution is 2.27. The first-order valence-corrected chi connectivity index (χ1v) is 8.58. The van der Waals surface area contributed by atoms with E-state index in [4.69, 9.17) is 0 Å². The molecule has 0 unspecified atom stereocenters. The van der Waals surface area contributed by atoms with Crippen LogP contribution in [0.25, 0.3) is 0 Å². The maximum Gasteiger partial charge on any atom is 0.225 e. The maximum atomic E-state index is 12.5. The van der Waals surface area contributed by atoms with Gasteiger partial charge in [0, 0.05) is 37.5 Å². The summed E-state index contributed by atoms with van der Waals surface area (Å²) in [4.78, 5) is 21.5. The average Bonchev–Trinajstić information content (AvgIpc) is 2.94. The van der Waals surface area contributed by atoms with Gasteiger partial charge in [0.05, 0.1) is 5.69 Å². The fourth-order valence-corrected chi connectivity index (χ4v) is 4.03. The zero-order valence-electron chi connectivity index (χ0n) is 12.2. The van der Waals surface area contributed by atoms with Crippen molar-refractivity contribution < 1.29 is 4.79 Å². The largest absolute Gasteiger partial charge is 0.348 e. The average molecular weight is 293 g/mol. The number of piperidine rings is 2. The molecule has 0 aliphatic carbocycles. The lowest BCUT2D eigenvalue weighted by Crippen LogP contribution is -2.44. The second kappa shape index (κ2) is 6.12. The summed E-state index contributed by atoms with van der Waals surface area (Å²) >= 11 is 1.71. The molecule has 2 fully saturated rings. The third-order valence-corrected chi connectivity index (χ3v) is 5.41. The summed E-state index contributed by atoms with van der Waals surface area (Å²) in [6.07, 6.45) is 5.61. The number of likely N-dealkylation sites (tertiary alicyclic amines) is 1. The van der Waals surface area contributed by atoms with E-state index in [0.29, 0.717) is 5.91 Å². The quantitative estimate of drug-likeness (QED) is 0.841. The van der Waals surface area contributed by atoms with Crippen molar-refractivity contribution in [2.45, 2.75) is 39.0 Å². The molecule has 3 heterocycles. The lowest BCUT2D eigenvalue weighted by atomic mass is 9.94. The van der Waals surface area contributed by atoms with E-state index < -0.39 is 0 Å². The number of carbonyl (C=O) groups is 1. The van der Waals surface area contributed by atoms with Gasteiger partial charge in [0.1, 0.15) is 0 Å². The first-order valence-electron chi connectivity index (χ1n) is 7.70. The minimum Gasteiger partial charge on any atom is -0.348 e. The van der Waals surface area contributed by atoms with E-state index in [2.05, 4.69) is 20.2 Å². The standard InChI is InChI=1S/C15H23N3OS/c1-12-11-20-15(16-12)18-9-5-13(6-10-18)14(19)17-7-3-2-4-8-17/h11,13H,2-10H2,1H3. The number of aromatic nitrogens is 1. The van der Waals surface area contributed by atoms with Crippen LogP contribution in [0.15, 0.2) is 5.38 Å². The number of nitrogens with zero attached hydrogens (tertiary/aromatic N) is 3. The number of amides is 1. The number of rotatable bonds is 2. The Balaban J connectivity index is 1.54. The fourth-order valence-electron chi connectivity index (χ4n) is 3.18. The van der Waals surface area contributed by atoms with Crippen molar-refractivity contribution >= 4 is 22.4 Å². The van der Waals surface area contributed by atoms with Crippen LogP contribution in [0.1, 0.15) is 37.8 Å². The van der Waals surface area contributed by atoms with Gasteiger partial charge in [-0.05, 0) is 39.0 Å². The Hall–Kier alpha value is -1.10. The topological polar surface area (TPSA) is 36.4 Å². The van der Waals surface area contributed by atoms with E-state index in [1.54, 1.807) is 11.3 Å². The van der Waals surface area contributed by atoms with Gasteiger partial charge in [-0.25, -0.2) is 4.98 Å². The lowest BCUT2D eigenvalue weighted by Gasteiger charge is -2.35. The molecule has 2 aliphatic rings. The van der Waals surface area contributed by atoms with Crippen molar-refractivity contribution in [1.82, 2.24) is 9.88 Å². The summed E-state index contributed by atoms with van der Waals surface area (Å²) in [5.74, 6) is 0.644. The molecular formula is C15H23N3OS. The summed E-state index contributed by atoms with van der Waals surface area (Å²) < 4.78 is 0. The second-order valence-corrected chi connectivity index (χ2v) is 6.76. The Morgan fingerprint density at radius 2 is 1.90 bits per heavy atom. The Labute approximate surface area is 124 Å². The van der Waals surface area contributed by atoms with Crippen LogP contribution in [0, 0.1) is 12.8 Å². The summed E-state index contributed by atoms with van der Waals surface area (Å²) in [7, 11) is 0. The molecule has 0 spiro atoms. The summed E-state index contributed by atoms with van der Waals surface area (Å²) in [5, 5.41) is 3.21. The number of anilines is 1. The van der Waals surface area contributed by atoms with Gasteiger partial charge in [-0.15, -0.1) is 11.3 Å². The molecule has 4 nitrogen and oxygen atoms in total. The van der Waals surface area contributed by atoms with Gasteiger partial charge in [-0.1, -0.05) is 0 Å². The van der Waals surface area contributed by atoms with Crippen LogP contribution in [-0.2, 0) is 4.79 Å². The Bertz CT molecular complexity index is 459. The molecule has 0 bridgehead atoms. The Morgan fingerprint density at radius 3 is 2.50 bits per heavy atom. The molecule has 1 aromatic heterocycles. The van der Waals surface area contributed by atoms with Crippen LogP contribution < -0.4 is 4.90 Å². The van der Waals surface area contributed by atoms with Gasteiger partial charge < -0.3 is 9.80 Å². The molecule has 1 amide bonds. The van der Waals surface area contributed by atoms with Crippen LogP contribution in [-0.4, -0.2) is 42.0 Å². The van der Waals surface area contributed by atoms with E-state index >= 15 is 0 Å². The SMILES string of the molecule is Cc1csc(N2CCC(C(=O)N3CCCCC3)CC2)n1. The van der Waals surface area contributed by atoms with Gasteiger partial charge in [0.25, 0.3) is 0 Å². The molecule has 20 heavy (non-hydrogen) atoms. The molecule has 0 radical (unpaired) electrons. The molecule has 110 valence electrons. The predicted octanol–water partition coefficient (Wildman–Crippen LogP) is 2.68. The second-order valence-electron chi connectivity index (χ2n) is 5.92. The Kier molecular flexibility index (Phi) is 4.24. The van der Waals surface area contributed by atoms with Crippen LogP contribution in [0.2, 0.25) is 0 Å². The monoisotopic (exact) mass is 293 g/mol.